The van der Waals surface area contributed by atoms with Crippen molar-refractivity contribution in [1.29, 1.82) is 0 Å². The van der Waals surface area contributed by atoms with Crippen LogP contribution in [0, 0.1) is 11.6 Å². The molecule has 0 atom stereocenters. The van der Waals surface area contributed by atoms with Crippen LogP contribution in [0.1, 0.15) is 29.8 Å². The minimum atomic E-state index is -0.985. The summed E-state index contributed by atoms with van der Waals surface area (Å²) in [7, 11) is 2.71. The van der Waals surface area contributed by atoms with E-state index in [4.69, 9.17) is 14.2 Å². The Morgan fingerprint density at radius 3 is 2.44 bits per heavy atom. The van der Waals surface area contributed by atoms with Gasteiger partial charge in [-0.2, -0.15) is 9.78 Å². The predicted molar refractivity (Wildman–Crippen MR) is 174 cm³/mol. The molecule has 248 valence electrons. The Hall–Kier alpha value is -5.63. The predicted octanol–water partition coefficient (Wildman–Crippen LogP) is 4.68. The van der Waals surface area contributed by atoms with Gasteiger partial charge in [-0.1, -0.05) is 0 Å². The maximum Gasteiger partial charge on any atom is 0.351 e. The number of halogens is 2. The van der Waals surface area contributed by atoms with Crippen molar-refractivity contribution in [3.05, 3.63) is 105 Å². The van der Waals surface area contributed by atoms with Gasteiger partial charge < -0.3 is 24.4 Å². The molecule has 0 saturated carbocycles. The van der Waals surface area contributed by atoms with Gasteiger partial charge in [0.2, 0.25) is 5.69 Å². The number of methoxy groups -OCH3 is 1. The summed E-state index contributed by atoms with van der Waals surface area (Å²) in [6, 6.07) is 13.5. The van der Waals surface area contributed by atoms with Crippen LogP contribution in [-0.4, -0.2) is 63.5 Å². The van der Waals surface area contributed by atoms with E-state index in [0.29, 0.717) is 39.3 Å². The Bertz CT molecular complexity index is 2090. The summed E-state index contributed by atoms with van der Waals surface area (Å²) in [6.45, 7) is 3.74. The van der Waals surface area contributed by atoms with E-state index >= 15 is 4.39 Å². The first-order chi connectivity index (χ1) is 23.2. The number of benzene rings is 3. The van der Waals surface area contributed by atoms with Gasteiger partial charge in [0.15, 0.2) is 23.1 Å². The van der Waals surface area contributed by atoms with Crippen LogP contribution in [-0.2, 0) is 7.05 Å². The second kappa shape index (κ2) is 14.0. The number of hydrogen-bond acceptors (Lipinski definition) is 9. The van der Waals surface area contributed by atoms with Crippen LogP contribution in [0.15, 0.2) is 76.4 Å². The second-order valence-electron chi connectivity index (χ2n) is 11.2. The van der Waals surface area contributed by atoms with Gasteiger partial charge in [-0.3, -0.25) is 19.1 Å². The highest BCUT2D eigenvalue weighted by atomic mass is 19.1. The molecule has 1 N–H and O–H groups in total. The molecule has 0 radical (unpaired) electrons. The monoisotopic (exact) mass is 658 g/mol. The lowest BCUT2D eigenvalue weighted by Gasteiger charge is -2.16. The zero-order valence-electron chi connectivity index (χ0n) is 26.2. The fourth-order valence-electron chi connectivity index (χ4n) is 5.40. The summed E-state index contributed by atoms with van der Waals surface area (Å²) >= 11 is 0. The summed E-state index contributed by atoms with van der Waals surface area (Å²) in [5.74, 6) is -1.14. The molecule has 3 aromatic carbocycles. The average Bonchev–Trinajstić information content (AvgIpc) is 3.61. The molecule has 0 bridgehead atoms. The van der Waals surface area contributed by atoms with Gasteiger partial charge in [0.05, 0.1) is 24.9 Å². The number of aromatic nitrogens is 4. The van der Waals surface area contributed by atoms with Crippen LogP contribution < -0.4 is 30.8 Å². The zero-order valence-corrected chi connectivity index (χ0v) is 26.2. The highest BCUT2D eigenvalue weighted by Crippen LogP contribution is 2.38. The van der Waals surface area contributed by atoms with Crippen LogP contribution in [0.3, 0.4) is 0 Å². The molecule has 5 aromatic rings. The standard InChI is InChI=1S/C34H32F2N6O6/c1-40-33(44)31(39-42(34(40)45)23-9-6-21(35)7-10-23)32(43)38-22-8-11-28(25(36)18-22)48-27-12-13-37-26-20-30(29(46-2)19-24(26)27)47-17-5-16-41-14-3-4-15-41/h6-13,18-20H,3-5,14-17H2,1-2H3,(H,38,43). The van der Waals surface area contributed by atoms with Gasteiger partial charge in [-0.05, 0) is 80.9 Å². The lowest BCUT2D eigenvalue weighted by molar-refractivity contribution is 0.101. The first kappa shape index (κ1) is 32.3. The summed E-state index contributed by atoms with van der Waals surface area (Å²) < 4.78 is 47.7. The molecule has 1 fully saturated rings. The van der Waals surface area contributed by atoms with E-state index in [9.17, 15) is 18.8 Å². The number of fused-ring (bicyclic) bond motifs is 1. The Kier molecular flexibility index (Phi) is 9.43. The van der Waals surface area contributed by atoms with Crippen LogP contribution in [0.25, 0.3) is 16.6 Å². The van der Waals surface area contributed by atoms with Crippen molar-refractivity contribution in [3.63, 3.8) is 0 Å². The Balaban J connectivity index is 1.18. The summed E-state index contributed by atoms with van der Waals surface area (Å²) in [6.07, 6.45) is 4.89. The number of nitrogens with zero attached hydrogens (tertiary/aromatic N) is 5. The molecule has 12 nitrogen and oxygen atoms in total. The van der Waals surface area contributed by atoms with Crippen molar-refractivity contribution in [3.8, 4) is 28.7 Å². The van der Waals surface area contributed by atoms with E-state index in [2.05, 4.69) is 20.3 Å². The lowest BCUT2D eigenvalue weighted by atomic mass is 10.1. The van der Waals surface area contributed by atoms with Crippen molar-refractivity contribution in [2.45, 2.75) is 19.3 Å². The number of rotatable bonds is 11. The second-order valence-corrected chi connectivity index (χ2v) is 11.2. The van der Waals surface area contributed by atoms with Gasteiger partial charge in [0.1, 0.15) is 11.6 Å². The minimum Gasteiger partial charge on any atom is -0.493 e. The molecular weight excluding hydrogens is 626 g/mol. The maximum atomic E-state index is 15.3. The molecule has 2 aromatic heterocycles. The molecule has 3 heterocycles. The van der Waals surface area contributed by atoms with Crippen LogP contribution in [0.5, 0.6) is 23.0 Å². The average molecular weight is 659 g/mol. The van der Waals surface area contributed by atoms with Gasteiger partial charge >= 0.3 is 5.69 Å². The summed E-state index contributed by atoms with van der Waals surface area (Å²) in [4.78, 5) is 45.2. The topological polar surface area (TPSA) is 130 Å². The molecule has 0 unspecified atom stereocenters. The SMILES string of the molecule is COc1cc2c(Oc3ccc(NC(=O)c4nn(-c5ccc(F)cc5)c(=O)n(C)c4=O)cc3F)ccnc2cc1OCCCN1CCCC1. The Morgan fingerprint density at radius 2 is 1.71 bits per heavy atom. The van der Waals surface area contributed by atoms with Gasteiger partial charge in [0.25, 0.3) is 11.5 Å². The van der Waals surface area contributed by atoms with Crippen LogP contribution in [0.2, 0.25) is 0 Å². The van der Waals surface area contributed by atoms with Crippen LogP contribution in [0.4, 0.5) is 14.5 Å². The number of ether oxygens (including phenoxy) is 3. The lowest BCUT2D eigenvalue weighted by Crippen LogP contribution is -2.43. The van der Waals surface area contributed by atoms with E-state index in [1.54, 1.807) is 18.2 Å². The smallest absolute Gasteiger partial charge is 0.351 e. The molecule has 48 heavy (non-hydrogen) atoms. The summed E-state index contributed by atoms with van der Waals surface area (Å²) in [5.41, 5.74) is -1.74. The largest absolute Gasteiger partial charge is 0.493 e. The molecule has 1 saturated heterocycles. The van der Waals surface area contributed by atoms with E-state index < -0.39 is 34.5 Å². The number of likely N-dealkylation sites (tertiary alicyclic amines) is 1. The van der Waals surface area contributed by atoms with E-state index in [0.717, 1.165) is 48.9 Å². The number of anilines is 1. The molecule has 1 aliphatic rings. The fourth-order valence-corrected chi connectivity index (χ4v) is 5.40. The van der Waals surface area contributed by atoms with Crippen molar-refractivity contribution in [2.24, 2.45) is 7.05 Å². The number of pyridine rings is 1. The molecule has 0 spiro atoms. The van der Waals surface area contributed by atoms with Gasteiger partial charge in [-0.15, -0.1) is 0 Å². The van der Waals surface area contributed by atoms with E-state index in [1.807, 2.05) is 0 Å². The zero-order chi connectivity index (χ0) is 33.8. The van der Waals surface area contributed by atoms with Gasteiger partial charge in [0, 0.05) is 43.0 Å². The Labute approximate surface area is 273 Å². The van der Waals surface area contributed by atoms with Crippen molar-refractivity contribution in [2.75, 3.05) is 38.7 Å². The Morgan fingerprint density at radius 1 is 0.938 bits per heavy atom. The fraction of sp³-hybridized carbons (Fsp3) is 0.265. The number of carbonyl (C=O) groups excluding carboxylic acids is 1. The third kappa shape index (κ3) is 6.88. The first-order valence-corrected chi connectivity index (χ1v) is 15.3. The highest BCUT2D eigenvalue weighted by molar-refractivity contribution is 6.02. The van der Waals surface area contributed by atoms with Crippen LogP contribution >= 0.6 is 0 Å². The molecule has 0 aliphatic carbocycles. The number of carbonyl (C=O) groups is 1. The maximum absolute atomic E-state index is 15.3. The van der Waals surface area contributed by atoms with Crippen molar-refractivity contribution >= 4 is 22.5 Å². The molecular formula is C34H32F2N6O6. The number of nitrogens with one attached hydrogen (secondary N) is 1. The van der Waals surface area contributed by atoms with Crippen molar-refractivity contribution in [1.82, 2.24) is 24.2 Å². The third-order valence-corrected chi connectivity index (χ3v) is 7.93. The molecule has 1 aliphatic heterocycles. The molecule has 1 amide bonds. The van der Waals surface area contributed by atoms with Crippen molar-refractivity contribution < 1.29 is 27.8 Å². The number of hydrogen-bond donors (Lipinski definition) is 1. The number of amides is 1. The summed E-state index contributed by atoms with van der Waals surface area (Å²) in [5, 5.41) is 6.89. The quantitative estimate of drug-likeness (QED) is 0.201. The molecule has 14 heteroatoms. The minimum absolute atomic E-state index is 0.000938. The van der Waals surface area contributed by atoms with Gasteiger partial charge in [-0.25, -0.2) is 13.6 Å². The molecule has 6 rings (SSSR count). The first-order valence-electron chi connectivity index (χ1n) is 15.3. The van der Waals surface area contributed by atoms with E-state index in [1.165, 1.54) is 57.5 Å². The normalized spacial score (nSPS) is 13.1. The third-order valence-electron chi connectivity index (χ3n) is 7.93. The highest BCUT2D eigenvalue weighted by Gasteiger charge is 2.20. The van der Waals surface area contributed by atoms with E-state index in [-0.39, 0.29) is 17.1 Å².